The highest BCUT2D eigenvalue weighted by Crippen LogP contribution is 2.37. The van der Waals surface area contributed by atoms with Crippen molar-refractivity contribution in [2.75, 3.05) is 4.90 Å². The van der Waals surface area contributed by atoms with Crippen molar-refractivity contribution in [1.29, 1.82) is 0 Å². The first-order valence-electron chi connectivity index (χ1n) is 8.23. The van der Waals surface area contributed by atoms with Crippen LogP contribution in [0.25, 0.3) is 10.4 Å². The van der Waals surface area contributed by atoms with Gasteiger partial charge in [0.25, 0.3) is 0 Å². The molecule has 0 unspecified atom stereocenters. The van der Waals surface area contributed by atoms with E-state index in [0.29, 0.717) is 11.4 Å². The maximum absolute atomic E-state index is 12.5. The minimum atomic E-state index is -1.04. The Morgan fingerprint density at radius 2 is 1.85 bits per heavy atom. The van der Waals surface area contributed by atoms with Crippen molar-refractivity contribution in [3.05, 3.63) is 71.4 Å². The zero-order chi connectivity index (χ0) is 18.5. The third-order valence-corrected chi connectivity index (χ3v) is 5.07. The predicted molar refractivity (Wildman–Crippen MR) is 102 cm³/mol. The number of aromatic nitrogens is 1. The summed E-state index contributed by atoms with van der Waals surface area (Å²) < 4.78 is 0. The van der Waals surface area contributed by atoms with E-state index in [4.69, 9.17) is 0 Å². The summed E-state index contributed by atoms with van der Waals surface area (Å²) in [6.45, 7) is 2.00. The van der Waals surface area contributed by atoms with Crippen LogP contribution in [0.4, 0.5) is 5.69 Å². The molecule has 1 amide bonds. The molecule has 0 saturated carbocycles. The molecular weight excluding hydrogens is 348 g/mol. The largest absolute Gasteiger partial charge is 0.477 e. The third kappa shape index (κ3) is 3.81. The molecule has 3 rings (SSSR count). The maximum Gasteiger partial charge on any atom is 0.348 e. The van der Waals surface area contributed by atoms with Gasteiger partial charge in [-0.2, -0.15) is 0 Å². The van der Waals surface area contributed by atoms with E-state index in [2.05, 4.69) is 4.98 Å². The molecule has 0 radical (unpaired) electrons. The maximum atomic E-state index is 12.5. The lowest BCUT2D eigenvalue weighted by molar-refractivity contribution is -0.118. The van der Waals surface area contributed by atoms with Gasteiger partial charge in [0.1, 0.15) is 4.88 Å². The van der Waals surface area contributed by atoms with Crippen molar-refractivity contribution in [3.8, 4) is 10.4 Å². The third-order valence-electron chi connectivity index (χ3n) is 3.91. The standard InChI is InChI=1S/C20H18N2O3S/c1-2-18(23)22(13-15-10-6-7-11-21-15)16-12-17(26-19(16)20(24)25)14-8-4-3-5-9-14/h3-12H,2,13H2,1H3,(H,24,25). The summed E-state index contributed by atoms with van der Waals surface area (Å²) in [5.41, 5.74) is 2.05. The Morgan fingerprint density at radius 3 is 2.46 bits per heavy atom. The number of thiophene rings is 1. The molecule has 0 saturated heterocycles. The molecule has 0 spiro atoms. The summed E-state index contributed by atoms with van der Waals surface area (Å²) in [7, 11) is 0. The van der Waals surface area contributed by atoms with Crippen LogP contribution in [0.2, 0.25) is 0 Å². The molecule has 3 aromatic rings. The first-order chi connectivity index (χ1) is 12.6. The molecule has 1 N–H and O–H groups in total. The highest BCUT2D eigenvalue weighted by atomic mass is 32.1. The molecule has 0 aliphatic rings. The van der Waals surface area contributed by atoms with Crippen LogP contribution in [0.5, 0.6) is 0 Å². The number of benzene rings is 1. The molecule has 0 atom stereocenters. The van der Waals surface area contributed by atoms with Crippen LogP contribution in [-0.2, 0) is 11.3 Å². The second-order valence-corrected chi connectivity index (χ2v) is 6.70. The number of carboxylic acid groups (broad SMARTS) is 1. The van der Waals surface area contributed by atoms with E-state index in [1.54, 1.807) is 25.3 Å². The number of nitrogens with zero attached hydrogens (tertiary/aromatic N) is 2. The zero-order valence-electron chi connectivity index (χ0n) is 14.3. The van der Waals surface area contributed by atoms with Gasteiger partial charge in [0.15, 0.2) is 0 Å². The number of carboxylic acids is 1. The van der Waals surface area contributed by atoms with E-state index in [-0.39, 0.29) is 23.7 Å². The lowest BCUT2D eigenvalue weighted by Crippen LogP contribution is -2.30. The number of hydrogen-bond acceptors (Lipinski definition) is 4. The molecule has 0 fully saturated rings. The van der Waals surface area contributed by atoms with Gasteiger partial charge in [-0.15, -0.1) is 11.3 Å². The number of carbonyl (C=O) groups excluding carboxylic acids is 1. The Kier molecular flexibility index (Phi) is 5.43. The average Bonchev–Trinajstić information content (AvgIpc) is 3.12. The van der Waals surface area contributed by atoms with Gasteiger partial charge in [-0.3, -0.25) is 9.78 Å². The van der Waals surface area contributed by atoms with Gasteiger partial charge in [-0.05, 0) is 23.8 Å². The van der Waals surface area contributed by atoms with E-state index in [1.807, 2.05) is 42.5 Å². The van der Waals surface area contributed by atoms with Crippen molar-refractivity contribution >= 4 is 28.9 Å². The fourth-order valence-corrected chi connectivity index (χ4v) is 3.64. The van der Waals surface area contributed by atoms with Gasteiger partial charge in [0, 0.05) is 17.5 Å². The van der Waals surface area contributed by atoms with E-state index in [1.165, 1.54) is 16.2 Å². The number of pyridine rings is 1. The van der Waals surface area contributed by atoms with Crippen LogP contribution in [0.1, 0.15) is 28.7 Å². The van der Waals surface area contributed by atoms with Crippen LogP contribution in [-0.4, -0.2) is 22.0 Å². The summed E-state index contributed by atoms with van der Waals surface area (Å²) in [5, 5.41) is 9.65. The molecule has 26 heavy (non-hydrogen) atoms. The summed E-state index contributed by atoms with van der Waals surface area (Å²) in [5.74, 6) is -1.18. The number of anilines is 1. The Hall–Kier alpha value is -2.99. The smallest absolute Gasteiger partial charge is 0.348 e. The van der Waals surface area contributed by atoms with Gasteiger partial charge in [0.05, 0.1) is 17.9 Å². The molecule has 0 aliphatic carbocycles. The highest BCUT2D eigenvalue weighted by molar-refractivity contribution is 7.18. The number of hydrogen-bond donors (Lipinski definition) is 1. The molecule has 0 aliphatic heterocycles. The van der Waals surface area contributed by atoms with Crippen LogP contribution in [0.15, 0.2) is 60.8 Å². The first kappa shape index (κ1) is 17.8. The van der Waals surface area contributed by atoms with Gasteiger partial charge in [-0.25, -0.2) is 4.79 Å². The van der Waals surface area contributed by atoms with E-state index in [0.717, 1.165) is 10.4 Å². The normalized spacial score (nSPS) is 10.5. The first-order valence-corrected chi connectivity index (χ1v) is 9.04. The zero-order valence-corrected chi connectivity index (χ0v) is 15.1. The number of amides is 1. The molecule has 0 bridgehead atoms. The lowest BCUT2D eigenvalue weighted by Gasteiger charge is -2.21. The minimum absolute atomic E-state index is 0.143. The Morgan fingerprint density at radius 1 is 1.12 bits per heavy atom. The average molecular weight is 366 g/mol. The van der Waals surface area contributed by atoms with Crippen molar-refractivity contribution in [2.45, 2.75) is 19.9 Å². The van der Waals surface area contributed by atoms with Gasteiger partial charge >= 0.3 is 5.97 Å². The monoisotopic (exact) mass is 366 g/mol. The lowest BCUT2D eigenvalue weighted by atomic mass is 10.1. The van der Waals surface area contributed by atoms with Crippen LogP contribution < -0.4 is 4.90 Å². The quantitative estimate of drug-likeness (QED) is 0.700. The van der Waals surface area contributed by atoms with Gasteiger partial charge in [0.2, 0.25) is 5.91 Å². The molecule has 6 heteroatoms. The summed E-state index contributed by atoms with van der Waals surface area (Å²) in [6.07, 6.45) is 1.94. The molecule has 2 aromatic heterocycles. The second kappa shape index (κ2) is 7.93. The number of rotatable bonds is 6. The van der Waals surface area contributed by atoms with Crippen LogP contribution in [0.3, 0.4) is 0 Å². The van der Waals surface area contributed by atoms with Gasteiger partial charge in [-0.1, -0.05) is 43.3 Å². The van der Waals surface area contributed by atoms with Crippen molar-refractivity contribution < 1.29 is 14.7 Å². The Balaban J connectivity index is 2.06. The van der Waals surface area contributed by atoms with Crippen molar-refractivity contribution in [3.63, 3.8) is 0 Å². The van der Waals surface area contributed by atoms with Crippen LogP contribution >= 0.6 is 11.3 Å². The minimum Gasteiger partial charge on any atom is -0.477 e. The molecular formula is C20H18N2O3S. The molecule has 132 valence electrons. The highest BCUT2D eigenvalue weighted by Gasteiger charge is 2.25. The topological polar surface area (TPSA) is 70.5 Å². The summed E-state index contributed by atoms with van der Waals surface area (Å²) >= 11 is 1.17. The van der Waals surface area contributed by atoms with Gasteiger partial charge < -0.3 is 10.0 Å². The van der Waals surface area contributed by atoms with E-state index >= 15 is 0 Å². The molecule has 1 aromatic carbocycles. The molecule has 5 nitrogen and oxygen atoms in total. The van der Waals surface area contributed by atoms with Crippen molar-refractivity contribution in [1.82, 2.24) is 4.98 Å². The fourth-order valence-electron chi connectivity index (χ4n) is 2.63. The summed E-state index contributed by atoms with van der Waals surface area (Å²) in [6, 6.07) is 16.8. The second-order valence-electron chi connectivity index (χ2n) is 5.65. The fraction of sp³-hybridized carbons (Fsp3) is 0.150. The van der Waals surface area contributed by atoms with Crippen LogP contribution in [0, 0.1) is 0 Å². The Labute approximate surface area is 155 Å². The number of carbonyl (C=O) groups is 2. The van der Waals surface area contributed by atoms with E-state index < -0.39 is 5.97 Å². The number of aromatic carboxylic acids is 1. The molecule has 2 heterocycles. The SMILES string of the molecule is CCC(=O)N(Cc1ccccn1)c1cc(-c2ccccc2)sc1C(=O)O. The predicted octanol–water partition coefficient (Wildman–Crippen LogP) is 4.45. The summed E-state index contributed by atoms with van der Waals surface area (Å²) in [4.78, 5) is 31.1. The van der Waals surface area contributed by atoms with Crippen molar-refractivity contribution in [2.24, 2.45) is 0 Å². The van der Waals surface area contributed by atoms with E-state index in [9.17, 15) is 14.7 Å². The Bertz CT molecular complexity index is 907.